The van der Waals surface area contributed by atoms with Crippen molar-refractivity contribution >= 4 is 44.0 Å². The van der Waals surface area contributed by atoms with Crippen LogP contribution in [0.2, 0.25) is 0 Å². The number of hydrogen-bond donors (Lipinski definition) is 0. The molecule has 7 rings (SSSR count). The summed E-state index contributed by atoms with van der Waals surface area (Å²) in [4.78, 5) is 9.17. The van der Waals surface area contributed by atoms with Gasteiger partial charge in [-0.25, -0.2) is 9.97 Å². The lowest BCUT2D eigenvalue weighted by Gasteiger charge is -2.08. The summed E-state index contributed by atoms with van der Waals surface area (Å²) >= 11 is 0. The second-order valence-corrected chi connectivity index (χ2v) is 7.66. The predicted octanol–water partition coefficient (Wildman–Crippen LogP) is 5.93. The Kier molecular flexibility index (Phi) is 3.46. The summed E-state index contributed by atoms with van der Waals surface area (Å²) in [6.07, 6.45) is 1.42. The molecule has 4 aromatic carbocycles. The van der Waals surface area contributed by atoms with Crippen LogP contribution in [-0.2, 0) is 0 Å². The Morgan fingerprint density at radius 2 is 1.50 bits per heavy atom. The molecule has 0 aliphatic rings. The molecule has 0 spiro atoms. The van der Waals surface area contributed by atoms with E-state index in [1.807, 2.05) is 59.2 Å². The molecule has 3 aromatic heterocycles. The van der Waals surface area contributed by atoms with Crippen molar-refractivity contribution in [1.29, 1.82) is 0 Å². The lowest BCUT2D eigenvalue weighted by Crippen LogP contribution is -1.99. The van der Waals surface area contributed by atoms with Crippen LogP contribution in [-0.4, -0.2) is 24.7 Å². The van der Waals surface area contributed by atoms with Crippen LogP contribution in [0.1, 0.15) is 0 Å². The van der Waals surface area contributed by atoms with E-state index in [1.54, 1.807) is 0 Å². The molecule has 3 heterocycles. The highest BCUT2D eigenvalue weighted by Gasteiger charge is 2.21. The number of rotatable bonds is 2. The molecule has 0 radical (unpaired) electrons. The SMILES string of the molecule is c1ccc(-n2c(-c3cccc4c3oc3c5ccccc5ccc43)nc3ncnnc32)cc1. The Labute approximate surface area is 181 Å². The van der Waals surface area contributed by atoms with Crippen molar-refractivity contribution in [3.63, 3.8) is 0 Å². The normalized spacial score (nSPS) is 11.8. The summed E-state index contributed by atoms with van der Waals surface area (Å²) in [5.74, 6) is 0.716. The zero-order valence-corrected chi connectivity index (χ0v) is 16.8. The number of para-hydroxylation sites is 2. The maximum Gasteiger partial charge on any atom is 0.206 e. The minimum Gasteiger partial charge on any atom is -0.455 e. The summed E-state index contributed by atoms with van der Waals surface area (Å²) in [5, 5.41) is 12.7. The fourth-order valence-corrected chi connectivity index (χ4v) is 4.44. The predicted molar refractivity (Wildman–Crippen MR) is 125 cm³/mol. The third-order valence-electron chi connectivity index (χ3n) is 5.86. The highest BCUT2D eigenvalue weighted by Crippen LogP contribution is 2.39. The first kappa shape index (κ1) is 17.1. The highest BCUT2D eigenvalue weighted by molar-refractivity contribution is 6.17. The van der Waals surface area contributed by atoms with Crippen molar-refractivity contribution in [3.05, 3.63) is 91.3 Å². The van der Waals surface area contributed by atoms with E-state index in [9.17, 15) is 0 Å². The second kappa shape index (κ2) is 6.46. The number of furan rings is 1. The fourth-order valence-electron chi connectivity index (χ4n) is 4.44. The first-order valence-electron chi connectivity index (χ1n) is 10.3. The van der Waals surface area contributed by atoms with Gasteiger partial charge in [-0.15, -0.1) is 10.2 Å². The van der Waals surface area contributed by atoms with E-state index in [4.69, 9.17) is 9.40 Å². The first-order chi connectivity index (χ1) is 15.9. The standard InChI is InChI=1S/C26H15N5O/c1-2-8-17(9-3-1)31-25(29-24-26(31)30-28-15-27-24)21-12-6-11-19-20-14-13-16-7-4-5-10-18(16)22(20)32-23(19)21/h1-15H. The number of fused-ring (bicyclic) bond motifs is 6. The van der Waals surface area contributed by atoms with Gasteiger partial charge in [0.2, 0.25) is 11.3 Å². The highest BCUT2D eigenvalue weighted by atomic mass is 16.3. The van der Waals surface area contributed by atoms with Crippen molar-refractivity contribution in [2.45, 2.75) is 0 Å². The van der Waals surface area contributed by atoms with E-state index in [-0.39, 0.29) is 0 Å². The molecule has 6 nitrogen and oxygen atoms in total. The van der Waals surface area contributed by atoms with Gasteiger partial charge in [0.05, 0.1) is 5.56 Å². The molecule has 150 valence electrons. The van der Waals surface area contributed by atoms with Gasteiger partial charge in [0.15, 0.2) is 5.82 Å². The molecule has 0 aliphatic carbocycles. The molecule has 0 N–H and O–H groups in total. The molecule has 0 aliphatic heterocycles. The van der Waals surface area contributed by atoms with Crippen LogP contribution in [0.4, 0.5) is 0 Å². The summed E-state index contributed by atoms with van der Waals surface area (Å²) in [7, 11) is 0. The van der Waals surface area contributed by atoms with Crippen molar-refractivity contribution in [1.82, 2.24) is 24.7 Å². The zero-order chi connectivity index (χ0) is 21.1. The smallest absolute Gasteiger partial charge is 0.206 e. The maximum absolute atomic E-state index is 6.53. The lowest BCUT2D eigenvalue weighted by atomic mass is 10.0. The molecule has 0 amide bonds. The van der Waals surface area contributed by atoms with Crippen LogP contribution >= 0.6 is 0 Å². The van der Waals surface area contributed by atoms with Gasteiger partial charge in [0.25, 0.3) is 0 Å². The van der Waals surface area contributed by atoms with Crippen LogP contribution in [0.3, 0.4) is 0 Å². The average Bonchev–Trinajstić information content (AvgIpc) is 3.43. The van der Waals surface area contributed by atoms with Gasteiger partial charge in [0.1, 0.15) is 17.5 Å². The zero-order valence-electron chi connectivity index (χ0n) is 16.8. The molecule has 0 saturated carbocycles. The number of hydrogen-bond acceptors (Lipinski definition) is 5. The Balaban J connectivity index is 1.61. The molecule has 32 heavy (non-hydrogen) atoms. The van der Waals surface area contributed by atoms with Gasteiger partial charge >= 0.3 is 0 Å². The van der Waals surface area contributed by atoms with Gasteiger partial charge in [-0.1, -0.05) is 60.7 Å². The van der Waals surface area contributed by atoms with E-state index < -0.39 is 0 Å². The molecule has 0 unspecified atom stereocenters. The second-order valence-electron chi connectivity index (χ2n) is 7.66. The Hall–Kier alpha value is -4.58. The summed E-state index contributed by atoms with van der Waals surface area (Å²) in [5.41, 5.74) is 4.63. The van der Waals surface area contributed by atoms with Crippen LogP contribution < -0.4 is 0 Å². The minimum atomic E-state index is 0.539. The number of benzene rings is 4. The average molecular weight is 413 g/mol. The van der Waals surface area contributed by atoms with E-state index in [2.05, 4.69) is 45.5 Å². The molecule has 7 aromatic rings. The molecular weight excluding hydrogens is 398 g/mol. The Bertz CT molecular complexity index is 1780. The largest absolute Gasteiger partial charge is 0.455 e. The van der Waals surface area contributed by atoms with Crippen LogP contribution in [0.15, 0.2) is 95.7 Å². The molecular formula is C26H15N5O. The minimum absolute atomic E-state index is 0.539. The van der Waals surface area contributed by atoms with Crippen molar-refractivity contribution in [2.24, 2.45) is 0 Å². The molecule has 0 fully saturated rings. The van der Waals surface area contributed by atoms with Gasteiger partial charge in [0, 0.05) is 21.8 Å². The molecule has 0 atom stereocenters. The van der Waals surface area contributed by atoms with Crippen LogP contribution in [0, 0.1) is 0 Å². The number of aromatic nitrogens is 5. The van der Waals surface area contributed by atoms with Gasteiger partial charge in [-0.3, -0.25) is 4.57 Å². The molecule has 0 bridgehead atoms. The monoisotopic (exact) mass is 413 g/mol. The third-order valence-corrected chi connectivity index (χ3v) is 5.86. The third kappa shape index (κ3) is 2.34. The maximum atomic E-state index is 6.53. The molecule has 0 saturated heterocycles. The number of imidazole rings is 1. The van der Waals surface area contributed by atoms with Crippen LogP contribution in [0.5, 0.6) is 0 Å². The van der Waals surface area contributed by atoms with Gasteiger partial charge < -0.3 is 4.42 Å². The van der Waals surface area contributed by atoms with E-state index in [0.717, 1.165) is 44.0 Å². The number of nitrogens with zero attached hydrogens (tertiary/aromatic N) is 5. The Morgan fingerprint density at radius 1 is 0.688 bits per heavy atom. The topological polar surface area (TPSA) is 69.6 Å². The summed E-state index contributed by atoms with van der Waals surface area (Å²) in [6, 6.07) is 28.7. The van der Waals surface area contributed by atoms with Crippen molar-refractivity contribution in [2.75, 3.05) is 0 Å². The van der Waals surface area contributed by atoms with Crippen LogP contribution in [0.25, 0.3) is 61.1 Å². The first-order valence-corrected chi connectivity index (χ1v) is 10.3. The Morgan fingerprint density at radius 3 is 2.44 bits per heavy atom. The quantitative estimate of drug-likeness (QED) is 0.351. The summed E-state index contributed by atoms with van der Waals surface area (Å²) in [6.45, 7) is 0. The van der Waals surface area contributed by atoms with E-state index >= 15 is 0 Å². The van der Waals surface area contributed by atoms with E-state index in [0.29, 0.717) is 17.1 Å². The van der Waals surface area contributed by atoms with Crippen molar-refractivity contribution < 1.29 is 4.42 Å². The van der Waals surface area contributed by atoms with Crippen molar-refractivity contribution in [3.8, 4) is 17.1 Å². The summed E-state index contributed by atoms with van der Waals surface area (Å²) < 4.78 is 8.51. The van der Waals surface area contributed by atoms with Gasteiger partial charge in [-0.2, -0.15) is 0 Å². The molecule has 6 heteroatoms. The van der Waals surface area contributed by atoms with E-state index in [1.165, 1.54) is 6.33 Å². The van der Waals surface area contributed by atoms with Gasteiger partial charge in [-0.05, 0) is 29.7 Å². The fraction of sp³-hybridized carbons (Fsp3) is 0. The lowest BCUT2D eigenvalue weighted by molar-refractivity contribution is 0.673.